The SMILES string of the molecule is CCCC1=C[N]C=CO1. The van der Waals surface area contributed by atoms with Gasteiger partial charge in [0.25, 0.3) is 0 Å². The lowest BCUT2D eigenvalue weighted by atomic mass is 10.3. The van der Waals surface area contributed by atoms with E-state index < -0.39 is 0 Å². The normalized spacial score (nSPS) is 15.9. The molecule has 0 atom stereocenters. The van der Waals surface area contributed by atoms with E-state index in [0.717, 1.165) is 18.6 Å². The minimum Gasteiger partial charge on any atom is -0.466 e. The highest BCUT2D eigenvalue weighted by atomic mass is 16.5. The van der Waals surface area contributed by atoms with Gasteiger partial charge in [0, 0.05) is 6.42 Å². The zero-order valence-corrected chi connectivity index (χ0v) is 5.50. The lowest BCUT2D eigenvalue weighted by Crippen LogP contribution is -1.96. The molecule has 1 rings (SSSR count). The molecule has 2 heteroatoms. The van der Waals surface area contributed by atoms with Gasteiger partial charge in [0.1, 0.15) is 12.0 Å². The fourth-order valence-corrected chi connectivity index (χ4v) is 0.679. The van der Waals surface area contributed by atoms with Crippen LogP contribution in [-0.4, -0.2) is 0 Å². The van der Waals surface area contributed by atoms with Crippen LogP contribution in [0.1, 0.15) is 19.8 Å². The Kier molecular flexibility index (Phi) is 2.19. The second-order valence-electron chi connectivity index (χ2n) is 1.90. The molecule has 0 aliphatic carbocycles. The Bertz CT molecular complexity index is 138. The number of hydrogen-bond donors (Lipinski definition) is 0. The van der Waals surface area contributed by atoms with Crippen molar-refractivity contribution < 1.29 is 4.74 Å². The first-order chi connectivity index (χ1) is 4.43. The second kappa shape index (κ2) is 3.17. The van der Waals surface area contributed by atoms with Crippen molar-refractivity contribution in [1.82, 2.24) is 5.32 Å². The van der Waals surface area contributed by atoms with E-state index in [1.54, 1.807) is 18.7 Å². The maximum absolute atomic E-state index is 5.11. The van der Waals surface area contributed by atoms with Gasteiger partial charge in [-0.05, 0) is 6.42 Å². The van der Waals surface area contributed by atoms with Gasteiger partial charge >= 0.3 is 0 Å². The fraction of sp³-hybridized carbons (Fsp3) is 0.429. The van der Waals surface area contributed by atoms with Gasteiger partial charge in [-0.25, -0.2) is 0 Å². The summed E-state index contributed by atoms with van der Waals surface area (Å²) in [6, 6.07) is 0. The molecule has 0 aromatic rings. The molecule has 0 amide bonds. The molecule has 49 valence electrons. The van der Waals surface area contributed by atoms with E-state index in [2.05, 4.69) is 12.2 Å². The van der Waals surface area contributed by atoms with Gasteiger partial charge in [-0.15, -0.1) is 0 Å². The molecule has 0 fully saturated rings. The van der Waals surface area contributed by atoms with Crippen LogP contribution in [0.3, 0.4) is 0 Å². The van der Waals surface area contributed by atoms with Crippen molar-refractivity contribution in [2.45, 2.75) is 19.8 Å². The molecule has 1 radical (unpaired) electrons. The van der Waals surface area contributed by atoms with E-state index in [-0.39, 0.29) is 0 Å². The lowest BCUT2D eigenvalue weighted by molar-refractivity contribution is 0.319. The highest BCUT2D eigenvalue weighted by Crippen LogP contribution is 2.08. The van der Waals surface area contributed by atoms with Crippen LogP contribution in [0.25, 0.3) is 0 Å². The number of allylic oxidation sites excluding steroid dienone is 1. The van der Waals surface area contributed by atoms with E-state index in [9.17, 15) is 0 Å². The van der Waals surface area contributed by atoms with Crippen LogP contribution in [0, 0.1) is 0 Å². The molecule has 0 aromatic heterocycles. The van der Waals surface area contributed by atoms with E-state index in [1.165, 1.54) is 0 Å². The van der Waals surface area contributed by atoms with Crippen molar-refractivity contribution in [3.05, 3.63) is 24.4 Å². The molecular weight excluding hydrogens is 114 g/mol. The van der Waals surface area contributed by atoms with Gasteiger partial charge in [-0.1, -0.05) is 6.92 Å². The number of ether oxygens (including phenoxy) is 1. The summed E-state index contributed by atoms with van der Waals surface area (Å²) in [5.74, 6) is 0.958. The molecule has 0 saturated heterocycles. The van der Waals surface area contributed by atoms with Gasteiger partial charge in [0.05, 0.1) is 12.4 Å². The van der Waals surface area contributed by atoms with E-state index in [1.807, 2.05) is 0 Å². The van der Waals surface area contributed by atoms with Crippen LogP contribution in [0.5, 0.6) is 0 Å². The van der Waals surface area contributed by atoms with Crippen molar-refractivity contribution in [1.29, 1.82) is 0 Å². The molecule has 0 N–H and O–H groups in total. The van der Waals surface area contributed by atoms with Crippen molar-refractivity contribution in [2.75, 3.05) is 0 Å². The average Bonchev–Trinajstić information content (AvgIpc) is 1.91. The van der Waals surface area contributed by atoms with Crippen molar-refractivity contribution in [3.8, 4) is 0 Å². The molecule has 1 aliphatic heterocycles. The third-order valence-corrected chi connectivity index (χ3v) is 1.08. The average molecular weight is 124 g/mol. The maximum atomic E-state index is 5.11. The zero-order chi connectivity index (χ0) is 6.53. The monoisotopic (exact) mass is 124 g/mol. The molecule has 0 spiro atoms. The highest BCUT2D eigenvalue weighted by molar-refractivity contribution is 4.99. The van der Waals surface area contributed by atoms with Gasteiger partial charge in [-0.3, -0.25) is 5.32 Å². The summed E-state index contributed by atoms with van der Waals surface area (Å²) in [5, 5.41) is 3.91. The highest BCUT2D eigenvalue weighted by Gasteiger charge is 1.96. The molecule has 9 heavy (non-hydrogen) atoms. The summed E-state index contributed by atoms with van der Waals surface area (Å²) in [6.45, 7) is 2.11. The molecule has 0 aromatic carbocycles. The quantitative estimate of drug-likeness (QED) is 0.550. The van der Waals surface area contributed by atoms with Gasteiger partial charge < -0.3 is 4.74 Å². The maximum Gasteiger partial charge on any atom is 0.121 e. The molecule has 0 unspecified atom stereocenters. The van der Waals surface area contributed by atoms with Crippen LogP contribution in [0.4, 0.5) is 0 Å². The Morgan fingerprint density at radius 1 is 1.67 bits per heavy atom. The first kappa shape index (κ1) is 6.20. The first-order valence-electron chi connectivity index (χ1n) is 3.14. The van der Waals surface area contributed by atoms with Crippen molar-refractivity contribution in [3.63, 3.8) is 0 Å². The molecule has 1 aliphatic rings. The largest absolute Gasteiger partial charge is 0.466 e. The summed E-state index contributed by atoms with van der Waals surface area (Å²) in [7, 11) is 0. The predicted octanol–water partition coefficient (Wildman–Crippen LogP) is 1.73. The minimum absolute atomic E-state index is 0.958. The topological polar surface area (TPSA) is 23.3 Å². The molecule has 1 heterocycles. The van der Waals surface area contributed by atoms with Crippen molar-refractivity contribution >= 4 is 0 Å². The number of hydrogen-bond acceptors (Lipinski definition) is 1. The summed E-state index contributed by atoms with van der Waals surface area (Å²) in [4.78, 5) is 0. The number of rotatable bonds is 2. The predicted molar refractivity (Wildman–Crippen MR) is 35.4 cm³/mol. The number of nitrogens with zero attached hydrogens (tertiary/aromatic N) is 1. The Labute approximate surface area is 55.2 Å². The van der Waals surface area contributed by atoms with Gasteiger partial charge in [0.2, 0.25) is 0 Å². The molecule has 0 saturated carbocycles. The first-order valence-corrected chi connectivity index (χ1v) is 3.14. The van der Waals surface area contributed by atoms with Crippen LogP contribution < -0.4 is 5.32 Å². The summed E-state index contributed by atoms with van der Waals surface area (Å²) in [5.41, 5.74) is 0. The zero-order valence-electron chi connectivity index (χ0n) is 5.50. The lowest BCUT2D eigenvalue weighted by Gasteiger charge is -2.06. The van der Waals surface area contributed by atoms with E-state index in [4.69, 9.17) is 4.74 Å². The fourth-order valence-electron chi connectivity index (χ4n) is 0.679. The van der Waals surface area contributed by atoms with Gasteiger partial charge in [-0.2, -0.15) is 0 Å². The molecular formula is C7H10NO. The summed E-state index contributed by atoms with van der Waals surface area (Å²) < 4.78 is 5.11. The van der Waals surface area contributed by atoms with Crippen LogP contribution in [-0.2, 0) is 4.74 Å². The summed E-state index contributed by atoms with van der Waals surface area (Å²) in [6.07, 6.45) is 7.08. The molecule has 0 bridgehead atoms. The van der Waals surface area contributed by atoms with Gasteiger partial charge in [0.15, 0.2) is 0 Å². The van der Waals surface area contributed by atoms with E-state index in [0.29, 0.717) is 0 Å². The second-order valence-corrected chi connectivity index (χ2v) is 1.90. The van der Waals surface area contributed by atoms with Crippen LogP contribution in [0.15, 0.2) is 24.4 Å². The van der Waals surface area contributed by atoms with Crippen LogP contribution in [0.2, 0.25) is 0 Å². The summed E-state index contributed by atoms with van der Waals surface area (Å²) >= 11 is 0. The smallest absolute Gasteiger partial charge is 0.121 e. The Morgan fingerprint density at radius 2 is 2.56 bits per heavy atom. The molecule has 2 nitrogen and oxygen atoms in total. The Hall–Kier alpha value is -0.920. The Balaban J connectivity index is 2.32. The third-order valence-electron chi connectivity index (χ3n) is 1.08. The van der Waals surface area contributed by atoms with E-state index >= 15 is 0 Å². The minimum atomic E-state index is 0.958. The Morgan fingerprint density at radius 3 is 3.11 bits per heavy atom. The third kappa shape index (κ3) is 1.80. The standard InChI is InChI=1S/C7H10NO/c1-2-3-7-6-8-4-5-9-7/h4-6H,2-3H2,1H3. The van der Waals surface area contributed by atoms with Crippen molar-refractivity contribution in [2.24, 2.45) is 0 Å². The van der Waals surface area contributed by atoms with Crippen LogP contribution >= 0.6 is 0 Å².